The second-order valence-electron chi connectivity index (χ2n) is 8.62. The van der Waals surface area contributed by atoms with Crippen molar-refractivity contribution < 1.29 is 28.9 Å². The van der Waals surface area contributed by atoms with Crippen LogP contribution in [0.4, 0.5) is 0 Å². The van der Waals surface area contributed by atoms with E-state index in [1.54, 1.807) is 7.11 Å². The lowest BCUT2D eigenvalue weighted by atomic mass is 10.0. The molecule has 37 heavy (non-hydrogen) atoms. The van der Waals surface area contributed by atoms with Crippen molar-refractivity contribution in [2.75, 3.05) is 20.8 Å². The van der Waals surface area contributed by atoms with Gasteiger partial charge in [0.25, 0.3) is 0 Å². The van der Waals surface area contributed by atoms with Crippen LogP contribution in [0.5, 0.6) is 5.75 Å². The molecular weight excluding hydrogens is 470 g/mol. The van der Waals surface area contributed by atoms with Crippen molar-refractivity contribution in [1.29, 1.82) is 0 Å². The zero-order valence-corrected chi connectivity index (χ0v) is 21.9. The first-order chi connectivity index (χ1) is 17.9. The van der Waals surface area contributed by atoms with Gasteiger partial charge in [-0.1, -0.05) is 56.3 Å². The Morgan fingerprint density at radius 2 is 1.81 bits per heavy atom. The van der Waals surface area contributed by atoms with Crippen LogP contribution >= 0.6 is 0 Å². The van der Waals surface area contributed by atoms with Crippen LogP contribution in [-0.2, 0) is 40.3 Å². The summed E-state index contributed by atoms with van der Waals surface area (Å²) in [5, 5.41) is 9.13. The summed E-state index contributed by atoms with van der Waals surface area (Å²) >= 11 is 0. The van der Waals surface area contributed by atoms with E-state index in [2.05, 4.69) is 13.0 Å². The Hall–Kier alpha value is -3.68. The van der Waals surface area contributed by atoms with Crippen LogP contribution in [0.15, 0.2) is 60.8 Å². The molecule has 0 saturated carbocycles. The molecule has 1 unspecified atom stereocenters. The van der Waals surface area contributed by atoms with Gasteiger partial charge in [0.05, 0.1) is 26.0 Å². The SMILES string of the molecule is CCc1ccc(C(=O)c2cccn2CC=Cc2cc(CC)c(COCC(OC)C(=O)O)c(OC)c2)cc1. The van der Waals surface area contributed by atoms with Crippen LogP contribution in [0.3, 0.4) is 0 Å². The van der Waals surface area contributed by atoms with E-state index in [1.165, 1.54) is 12.7 Å². The molecule has 0 amide bonds. The molecule has 2 aromatic carbocycles. The molecule has 0 fully saturated rings. The van der Waals surface area contributed by atoms with Crippen LogP contribution in [0.25, 0.3) is 6.08 Å². The fourth-order valence-electron chi connectivity index (χ4n) is 4.11. The maximum absolute atomic E-state index is 13.0. The number of allylic oxidation sites excluding steroid dienone is 1. The van der Waals surface area contributed by atoms with E-state index in [4.69, 9.17) is 19.3 Å². The lowest BCUT2D eigenvalue weighted by Crippen LogP contribution is -2.27. The summed E-state index contributed by atoms with van der Waals surface area (Å²) in [5.74, 6) is -0.387. The van der Waals surface area contributed by atoms with Gasteiger partial charge in [-0.15, -0.1) is 0 Å². The maximum Gasteiger partial charge on any atom is 0.335 e. The molecule has 1 atom stereocenters. The number of ether oxygens (including phenoxy) is 3. The van der Waals surface area contributed by atoms with E-state index in [0.29, 0.717) is 23.6 Å². The molecular formula is C30H35NO6. The molecule has 7 heteroatoms. The van der Waals surface area contributed by atoms with Gasteiger partial charge in [-0.05, 0) is 47.7 Å². The van der Waals surface area contributed by atoms with Crippen molar-refractivity contribution in [3.8, 4) is 5.75 Å². The van der Waals surface area contributed by atoms with Gasteiger partial charge in [0, 0.05) is 31.0 Å². The van der Waals surface area contributed by atoms with Crippen LogP contribution in [0.1, 0.15) is 52.2 Å². The molecule has 0 aliphatic carbocycles. The summed E-state index contributed by atoms with van der Waals surface area (Å²) in [6.07, 6.45) is 6.60. The molecule has 0 spiro atoms. The fraction of sp³-hybridized carbons (Fsp3) is 0.333. The molecule has 1 aromatic heterocycles. The Labute approximate surface area is 218 Å². The van der Waals surface area contributed by atoms with Gasteiger partial charge in [0.2, 0.25) is 5.78 Å². The van der Waals surface area contributed by atoms with Gasteiger partial charge >= 0.3 is 5.97 Å². The number of benzene rings is 2. The minimum atomic E-state index is -1.06. The number of carbonyl (C=O) groups excluding carboxylic acids is 1. The lowest BCUT2D eigenvalue weighted by Gasteiger charge is -2.16. The highest BCUT2D eigenvalue weighted by molar-refractivity contribution is 6.08. The number of aromatic nitrogens is 1. The van der Waals surface area contributed by atoms with E-state index in [1.807, 2.05) is 72.3 Å². The maximum atomic E-state index is 13.0. The third-order valence-corrected chi connectivity index (χ3v) is 6.30. The molecule has 7 nitrogen and oxygen atoms in total. The Balaban J connectivity index is 1.72. The van der Waals surface area contributed by atoms with Crippen molar-refractivity contribution in [3.63, 3.8) is 0 Å². The van der Waals surface area contributed by atoms with Crippen LogP contribution in [0.2, 0.25) is 0 Å². The zero-order valence-electron chi connectivity index (χ0n) is 21.9. The van der Waals surface area contributed by atoms with Crippen LogP contribution < -0.4 is 4.74 Å². The molecule has 0 radical (unpaired) electrons. The van der Waals surface area contributed by atoms with Gasteiger partial charge in [-0.2, -0.15) is 0 Å². The Morgan fingerprint density at radius 3 is 2.43 bits per heavy atom. The fourth-order valence-corrected chi connectivity index (χ4v) is 4.11. The summed E-state index contributed by atoms with van der Waals surface area (Å²) in [6, 6.07) is 15.5. The smallest absolute Gasteiger partial charge is 0.335 e. The molecule has 1 N–H and O–H groups in total. The number of carbonyl (C=O) groups is 2. The average Bonchev–Trinajstić information content (AvgIpc) is 3.39. The second kappa shape index (κ2) is 13.6. The topological polar surface area (TPSA) is 87.0 Å². The monoisotopic (exact) mass is 505 g/mol. The normalized spacial score (nSPS) is 12.1. The first kappa shape index (κ1) is 27.9. The molecule has 0 saturated heterocycles. The third-order valence-electron chi connectivity index (χ3n) is 6.30. The number of ketones is 1. The predicted molar refractivity (Wildman–Crippen MR) is 143 cm³/mol. The number of hydrogen-bond donors (Lipinski definition) is 1. The summed E-state index contributed by atoms with van der Waals surface area (Å²) in [7, 11) is 2.95. The van der Waals surface area contributed by atoms with E-state index in [9.17, 15) is 9.59 Å². The Bertz CT molecular complexity index is 1200. The van der Waals surface area contributed by atoms with Gasteiger partial charge in [0.1, 0.15) is 5.75 Å². The van der Waals surface area contributed by atoms with Crippen LogP contribution in [0, 0.1) is 0 Å². The number of rotatable bonds is 14. The van der Waals surface area contributed by atoms with Crippen molar-refractivity contribution in [3.05, 3.63) is 94.3 Å². The first-order valence-corrected chi connectivity index (χ1v) is 12.4. The second-order valence-corrected chi connectivity index (χ2v) is 8.62. The first-order valence-electron chi connectivity index (χ1n) is 12.4. The number of hydrogen-bond acceptors (Lipinski definition) is 5. The van der Waals surface area contributed by atoms with E-state index in [0.717, 1.165) is 29.5 Å². The lowest BCUT2D eigenvalue weighted by molar-refractivity contribution is -0.152. The van der Waals surface area contributed by atoms with Gasteiger partial charge in [-0.25, -0.2) is 4.79 Å². The number of methoxy groups -OCH3 is 2. The van der Waals surface area contributed by atoms with E-state index < -0.39 is 12.1 Å². The molecule has 0 bridgehead atoms. The minimum absolute atomic E-state index is 0.000968. The quantitative estimate of drug-likeness (QED) is 0.304. The highest BCUT2D eigenvalue weighted by Crippen LogP contribution is 2.27. The molecule has 0 aliphatic heterocycles. The number of carboxylic acids is 1. The summed E-state index contributed by atoms with van der Waals surface area (Å²) in [4.78, 5) is 24.2. The van der Waals surface area contributed by atoms with Crippen molar-refractivity contribution in [2.24, 2.45) is 0 Å². The number of carboxylic acid groups (broad SMARTS) is 1. The Morgan fingerprint density at radius 1 is 1.05 bits per heavy atom. The Kier molecular flexibility index (Phi) is 10.2. The standard InChI is InChI=1S/C30H35NO6/c1-5-21-11-13-24(14-12-21)29(32)26-10-8-16-31(26)15-7-9-22-17-23(6-2)25(27(18-22)35-3)19-37-20-28(36-4)30(33)34/h7-14,16-18,28H,5-6,15,19-20H2,1-4H3,(H,33,34). The van der Waals surface area contributed by atoms with Gasteiger partial charge in [0.15, 0.2) is 6.10 Å². The molecule has 1 heterocycles. The molecule has 196 valence electrons. The van der Waals surface area contributed by atoms with Gasteiger partial charge in [-0.3, -0.25) is 4.79 Å². The highest BCUT2D eigenvalue weighted by atomic mass is 16.5. The highest BCUT2D eigenvalue weighted by Gasteiger charge is 2.18. The van der Waals surface area contributed by atoms with Gasteiger partial charge < -0.3 is 23.9 Å². The van der Waals surface area contributed by atoms with E-state index >= 15 is 0 Å². The van der Waals surface area contributed by atoms with Crippen LogP contribution in [-0.4, -0.2) is 48.4 Å². The largest absolute Gasteiger partial charge is 0.496 e. The average molecular weight is 506 g/mol. The summed E-state index contributed by atoms with van der Waals surface area (Å²) in [6.45, 7) is 4.85. The molecule has 3 rings (SSSR count). The number of aliphatic carboxylic acids is 1. The minimum Gasteiger partial charge on any atom is -0.496 e. The third kappa shape index (κ3) is 7.18. The van der Waals surface area contributed by atoms with E-state index in [-0.39, 0.29) is 19.0 Å². The van der Waals surface area contributed by atoms with Crippen molar-refractivity contribution >= 4 is 17.8 Å². The van der Waals surface area contributed by atoms with Crippen molar-refractivity contribution in [2.45, 2.75) is 45.9 Å². The van der Waals surface area contributed by atoms with Crippen molar-refractivity contribution in [1.82, 2.24) is 4.57 Å². The summed E-state index contributed by atoms with van der Waals surface area (Å²) in [5.41, 5.74) is 5.42. The number of nitrogens with zero attached hydrogens (tertiary/aromatic N) is 1. The number of aryl methyl sites for hydroxylation is 2. The predicted octanol–water partition coefficient (Wildman–Crippen LogP) is 5.18. The zero-order chi connectivity index (χ0) is 26.8. The summed E-state index contributed by atoms with van der Waals surface area (Å²) < 4.78 is 18.1. The molecule has 3 aromatic rings. The molecule has 0 aliphatic rings.